The molecular formula is C26H35N5O10. The average molecular weight is 578 g/mol. The van der Waals surface area contributed by atoms with E-state index in [0.717, 1.165) is 6.92 Å². The number of rotatable bonds is 17. The Bertz CT molecular complexity index is 1170. The number of carboxylic acid groups (broad SMARTS) is 3. The Morgan fingerprint density at radius 3 is 1.95 bits per heavy atom. The molecule has 0 spiro atoms. The minimum atomic E-state index is -3.67. The maximum absolute atomic E-state index is 13.8. The highest BCUT2D eigenvalue weighted by Crippen LogP contribution is 2.23. The Kier molecular flexibility index (Phi) is 12.8. The van der Waals surface area contributed by atoms with E-state index in [1.165, 1.54) is 0 Å². The van der Waals surface area contributed by atoms with Crippen molar-refractivity contribution in [3.8, 4) is 0 Å². The van der Waals surface area contributed by atoms with E-state index in [1.807, 2.05) is 5.43 Å². The summed E-state index contributed by atoms with van der Waals surface area (Å²) in [4.78, 5) is 88.2. The summed E-state index contributed by atoms with van der Waals surface area (Å²) in [6, 6.07) is 5.55. The summed E-state index contributed by atoms with van der Waals surface area (Å²) >= 11 is 0. The minimum Gasteiger partial charge on any atom is -0.480 e. The van der Waals surface area contributed by atoms with Gasteiger partial charge in [-0.2, -0.15) is 0 Å². The number of nitrogens with zero attached hydrogens (tertiary/aromatic N) is 1. The third kappa shape index (κ3) is 8.94. The molecule has 0 bridgehead atoms. The van der Waals surface area contributed by atoms with E-state index in [0.29, 0.717) is 5.56 Å². The Morgan fingerprint density at radius 1 is 0.951 bits per heavy atom. The summed E-state index contributed by atoms with van der Waals surface area (Å²) in [5, 5.41) is 33.8. The van der Waals surface area contributed by atoms with Crippen LogP contribution in [0.2, 0.25) is 0 Å². The third-order valence-electron chi connectivity index (χ3n) is 5.72. The number of carboxylic acids is 3. The number of Topliss-reactive ketones (excluding diaryl/α,β-unsaturated/α-hetero) is 1. The molecule has 15 heteroatoms. The molecule has 0 fully saturated rings. The number of nitrogens with two attached hydrogens (primary N) is 1. The number of carbonyl (C=O) groups excluding carboxylic acids is 4. The van der Waals surface area contributed by atoms with Gasteiger partial charge in [-0.3, -0.25) is 24.0 Å². The van der Waals surface area contributed by atoms with Crippen LogP contribution in [0.15, 0.2) is 42.5 Å². The molecule has 0 unspecified atom stereocenters. The summed E-state index contributed by atoms with van der Waals surface area (Å²) in [6.45, 7) is 5.96. The number of hydrogen-bond donors (Lipinski definition) is 7. The van der Waals surface area contributed by atoms with Crippen LogP contribution in [0.5, 0.6) is 0 Å². The molecule has 2 atom stereocenters. The van der Waals surface area contributed by atoms with Gasteiger partial charge < -0.3 is 31.7 Å². The predicted octanol–water partition coefficient (Wildman–Crippen LogP) is -1.33. The van der Waals surface area contributed by atoms with Crippen molar-refractivity contribution in [2.45, 2.75) is 51.2 Å². The van der Waals surface area contributed by atoms with E-state index in [-0.39, 0.29) is 23.8 Å². The molecule has 1 aromatic rings. The standard InChI is InChI=1S/C26H35N5O10/c1-14(2)10-18(30-22(36)17(29-19(32)12-27)11-16-8-6-5-7-9-16)23(37)31(28-13-20(33)34)26(24(38)39,25(40)41)21(35)15(3)4/h5-9,14,17-18,28H,3,10-13,27H2,1-2,4H3,(H,29,32)(H,30,36)(H,33,34)(H,38,39)(H,40,41)/t17-,18-/m0/s1. The smallest absolute Gasteiger partial charge is 0.351 e. The van der Waals surface area contributed by atoms with Crippen LogP contribution in [0, 0.1) is 5.92 Å². The second-order valence-corrected chi connectivity index (χ2v) is 9.54. The van der Waals surface area contributed by atoms with Gasteiger partial charge in [-0.05, 0) is 30.4 Å². The Morgan fingerprint density at radius 2 is 1.51 bits per heavy atom. The lowest BCUT2D eigenvalue weighted by Crippen LogP contribution is -2.73. The molecule has 0 saturated carbocycles. The minimum absolute atomic E-state index is 0.0374. The number of amides is 3. The number of ketones is 1. The van der Waals surface area contributed by atoms with Gasteiger partial charge in [0, 0.05) is 6.42 Å². The fraction of sp³-hybridized carbons (Fsp3) is 0.423. The van der Waals surface area contributed by atoms with E-state index in [1.54, 1.807) is 44.2 Å². The predicted molar refractivity (Wildman–Crippen MR) is 143 cm³/mol. The van der Waals surface area contributed by atoms with Gasteiger partial charge in [0.05, 0.1) is 6.54 Å². The van der Waals surface area contributed by atoms with Gasteiger partial charge in [0.15, 0.2) is 0 Å². The normalized spacial score (nSPS) is 12.5. The van der Waals surface area contributed by atoms with Gasteiger partial charge in [0.25, 0.3) is 5.91 Å². The molecule has 1 rings (SSSR count). The SMILES string of the molecule is C=C(C)C(=O)C(C(=O)O)(C(=O)O)N(NCC(=O)O)C(=O)[C@H](CC(C)C)NC(=O)[C@H](Cc1ccccc1)NC(=O)CN. The highest BCUT2D eigenvalue weighted by Gasteiger charge is 2.61. The number of carbonyl (C=O) groups is 7. The van der Waals surface area contributed by atoms with E-state index in [2.05, 4.69) is 17.2 Å². The summed E-state index contributed by atoms with van der Waals surface area (Å²) in [5.74, 6) is -11.3. The van der Waals surface area contributed by atoms with Gasteiger partial charge in [-0.1, -0.05) is 50.8 Å². The van der Waals surface area contributed by atoms with Crippen LogP contribution in [-0.4, -0.2) is 92.5 Å². The molecule has 224 valence electrons. The molecule has 8 N–H and O–H groups in total. The molecule has 1 aromatic carbocycles. The molecule has 0 aliphatic carbocycles. The van der Waals surface area contributed by atoms with E-state index < -0.39 is 77.7 Å². The van der Waals surface area contributed by atoms with Gasteiger partial charge in [-0.15, -0.1) is 0 Å². The fourth-order valence-corrected chi connectivity index (χ4v) is 3.83. The molecular weight excluding hydrogens is 542 g/mol. The van der Waals surface area contributed by atoms with Crippen molar-refractivity contribution in [3.05, 3.63) is 48.0 Å². The topological polar surface area (TPSA) is 246 Å². The number of aliphatic carboxylic acids is 3. The van der Waals surface area contributed by atoms with Crippen molar-refractivity contribution in [3.63, 3.8) is 0 Å². The van der Waals surface area contributed by atoms with E-state index >= 15 is 0 Å². The maximum Gasteiger partial charge on any atom is 0.351 e. The summed E-state index contributed by atoms with van der Waals surface area (Å²) in [7, 11) is 0. The van der Waals surface area contributed by atoms with Crippen molar-refractivity contribution in [2.24, 2.45) is 11.7 Å². The largest absolute Gasteiger partial charge is 0.480 e. The summed E-state index contributed by atoms with van der Waals surface area (Å²) in [6.07, 6.45) is -0.236. The van der Waals surface area contributed by atoms with Crippen molar-refractivity contribution in [2.75, 3.05) is 13.1 Å². The van der Waals surface area contributed by atoms with Crippen LogP contribution in [0.25, 0.3) is 0 Å². The fourth-order valence-electron chi connectivity index (χ4n) is 3.83. The molecule has 3 amide bonds. The molecule has 41 heavy (non-hydrogen) atoms. The van der Waals surface area contributed by atoms with Crippen LogP contribution >= 0.6 is 0 Å². The van der Waals surface area contributed by atoms with Gasteiger partial charge in [-0.25, -0.2) is 20.0 Å². The van der Waals surface area contributed by atoms with E-state index in [9.17, 15) is 43.8 Å². The lowest BCUT2D eigenvalue weighted by atomic mass is 9.88. The van der Waals surface area contributed by atoms with Gasteiger partial charge in [0.1, 0.15) is 18.6 Å². The van der Waals surface area contributed by atoms with Crippen LogP contribution in [0.1, 0.15) is 32.8 Å². The van der Waals surface area contributed by atoms with Crippen LogP contribution in [0.3, 0.4) is 0 Å². The molecule has 15 nitrogen and oxygen atoms in total. The number of benzene rings is 1. The molecule has 0 saturated heterocycles. The summed E-state index contributed by atoms with van der Waals surface area (Å²) in [5.41, 5.74) is 3.70. The van der Waals surface area contributed by atoms with Crippen molar-refractivity contribution in [1.82, 2.24) is 21.1 Å². The van der Waals surface area contributed by atoms with Crippen LogP contribution < -0.4 is 21.8 Å². The van der Waals surface area contributed by atoms with Gasteiger partial charge in [0.2, 0.25) is 17.6 Å². The molecule has 0 aliphatic heterocycles. The Hall–Kier alpha value is -4.63. The highest BCUT2D eigenvalue weighted by atomic mass is 16.4. The average Bonchev–Trinajstić information content (AvgIpc) is 2.89. The zero-order valence-corrected chi connectivity index (χ0v) is 22.9. The number of nitrogens with one attached hydrogen (secondary N) is 3. The van der Waals surface area contributed by atoms with E-state index in [4.69, 9.17) is 10.8 Å². The molecule has 0 radical (unpaired) electrons. The number of hydrazine groups is 1. The molecule has 0 heterocycles. The zero-order valence-electron chi connectivity index (χ0n) is 22.9. The van der Waals surface area contributed by atoms with Gasteiger partial charge >= 0.3 is 23.4 Å². The monoisotopic (exact) mass is 577 g/mol. The lowest BCUT2D eigenvalue weighted by molar-refractivity contribution is -0.180. The van der Waals surface area contributed by atoms with Crippen molar-refractivity contribution < 1.29 is 48.9 Å². The first-order valence-corrected chi connectivity index (χ1v) is 12.4. The number of hydrogen-bond acceptors (Lipinski definition) is 9. The van der Waals surface area contributed by atoms with Crippen LogP contribution in [-0.2, 0) is 40.0 Å². The molecule has 0 aromatic heterocycles. The quantitative estimate of drug-likeness (QED) is 0.0647. The first-order chi connectivity index (χ1) is 19.1. The third-order valence-corrected chi connectivity index (χ3v) is 5.72. The second kappa shape index (κ2) is 15.2. The first kappa shape index (κ1) is 34.4. The lowest BCUT2D eigenvalue weighted by Gasteiger charge is -2.38. The molecule has 0 aliphatic rings. The van der Waals surface area contributed by atoms with Crippen LogP contribution in [0.4, 0.5) is 0 Å². The zero-order chi connectivity index (χ0) is 31.5. The Labute approximate surface area is 235 Å². The summed E-state index contributed by atoms with van der Waals surface area (Å²) < 4.78 is 0. The first-order valence-electron chi connectivity index (χ1n) is 12.4. The van der Waals surface area contributed by atoms with Crippen molar-refractivity contribution >= 4 is 41.4 Å². The Balaban J connectivity index is 3.65. The second-order valence-electron chi connectivity index (χ2n) is 9.54. The highest BCUT2D eigenvalue weighted by molar-refractivity contribution is 6.30. The maximum atomic E-state index is 13.8. The van der Waals surface area contributed by atoms with Crippen molar-refractivity contribution in [1.29, 1.82) is 0 Å².